The molecule has 0 radical (unpaired) electrons. The van der Waals surface area contributed by atoms with E-state index in [4.69, 9.17) is 5.11 Å². The molecular weight excluding hydrogens is 370 g/mol. The molecule has 0 aromatic heterocycles. The Morgan fingerprint density at radius 2 is 1.89 bits per heavy atom. The van der Waals surface area contributed by atoms with Crippen molar-refractivity contribution >= 4 is 27.6 Å². The third-order valence-electron chi connectivity index (χ3n) is 4.56. The topological polar surface area (TPSA) is 107 Å². The molecule has 0 bridgehead atoms. The van der Waals surface area contributed by atoms with Gasteiger partial charge in [-0.1, -0.05) is 12.5 Å². The lowest BCUT2D eigenvalue weighted by atomic mass is 10.2. The zero-order chi connectivity index (χ0) is 20.0. The molecule has 1 saturated heterocycles. The molecule has 2 rings (SSSR count). The Bertz CT molecular complexity index is 788. The number of benzene rings is 1. The Morgan fingerprint density at radius 1 is 1.22 bits per heavy atom. The van der Waals surface area contributed by atoms with Gasteiger partial charge >= 0.3 is 5.97 Å². The number of aryl methyl sites for hydroxylation is 1. The number of likely N-dealkylation sites (N-methyl/N-ethyl adjacent to an activating group) is 1. The van der Waals surface area contributed by atoms with Crippen LogP contribution in [0.25, 0.3) is 0 Å². The number of aliphatic carboxylic acids is 1. The van der Waals surface area contributed by atoms with Crippen molar-refractivity contribution in [2.45, 2.75) is 37.5 Å². The van der Waals surface area contributed by atoms with Crippen molar-refractivity contribution in [1.82, 2.24) is 9.21 Å². The van der Waals surface area contributed by atoms with Crippen molar-refractivity contribution in [2.75, 3.05) is 38.5 Å². The fourth-order valence-corrected chi connectivity index (χ4v) is 4.49. The van der Waals surface area contributed by atoms with Gasteiger partial charge in [0.15, 0.2) is 0 Å². The smallest absolute Gasteiger partial charge is 0.304 e. The van der Waals surface area contributed by atoms with Crippen LogP contribution in [0.15, 0.2) is 23.1 Å². The van der Waals surface area contributed by atoms with Crippen LogP contribution in [-0.2, 0) is 19.6 Å². The normalized spacial score (nSPS) is 15.7. The van der Waals surface area contributed by atoms with Gasteiger partial charge in [-0.05, 0) is 44.5 Å². The molecule has 0 spiro atoms. The van der Waals surface area contributed by atoms with Crippen molar-refractivity contribution in [3.8, 4) is 0 Å². The van der Waals surface area contributed by atoms with Gasteiger partial charge in [0, 0.05) is 25.3 Å². The van der Waals surface area contributed by atoms with Gasteiger partial charge in [0.2, 0.25) is 15.9 Å². The molecule has 0 aliphatic carbocycles. The molecule has 150 valence electrons. The minimum atomic E-state index is -3.57. The van der Waals surface area contributed by atoms with Gasteiger partial charge < -0.3 is 10.4 Å². The number of carboxylic acids is 1. The van der Waals surface area contributed by atoms with Gasteiger partial charge in [-0.15, -0.1) is 0 Å². The third-order valence-corrected chi connectivity index (χ3v) is 6.45. The minimum Gasteiger partial charge on any atom is -0.481 e. The molecule has 0 unspecified atom stereocenters. The second-order valence-corrected chi connectivity index (χ2v) is 8.81. The highest BCUT2D eigenvalue weighted by Crippen LogP contribution is 2.25. The maximum atomic E-state index is 12.8. The first-order chi connectivity index (χ1) is 12.7. The molecule has 1 aliphatic rings. The molecule has 27 heavy (non-hydrogen) atoms. The number of sulfonamides is 1. The predicted octanol–water partition coefficient (Wildman–Crippen LogP) is 1.51. The number of piperidine rings is 1. The van der Waals surface area contributed by atoms with E-state index < -0.39 is 16.0 Å². The Hall–Kier alpha value is -1.97. The molecule has 1 aromatic carbocycles. The molecule has 1 fully saturated rings. The number of rotatable bonds is 8. The predicted molar refractivity (Wildman–Crippen MR) is 102 cm³/mol. The van der Waals surface area contributed by atoms with E-state index in [1.54, 1.807) is 31.0 Å². The van der Waals surface area contributed by atoms with Gasteiger partial charge in [-0.25, -0.2) is 8.42 Å². The summed E-state index contributed by atoms with van der Waals surface area (Å²) < 4.78 is 27.1. The molecule has 2 N–H and O–H groups in total. The quantitative estimate of drug-likeness (QED) is 0.689. The van der Waals surface area contributed by atoms with E-state index in [2.05, 4.69) is 5.32 Å². The van der Waals surface area contributed by atoms with E-state index in [-0.39, 0.29) is 30.3 Å². The summed E-state index contributed by atoms with van der Waals surface area (Å²) in [5.74, 6) is -1.24. The summed E-state index contributed by atoms with van der Waals surface area (Å²) in [5.41, 5.74) is 1.21. The number of hydrogen-bond acceptors (Lipinski definition) is 5. The van der Waals surface area contributed by atoms with Crippen LogP contribution in [0.1, 0.15) is 31.2 Å². The van der Waals surface area contributed by atoms with Gasteiger partial charge in [-0.3, -0.25) is 14.5 Å². The Balaban J connectivity index is 2.08. The summed E-state index contributed by atoms with van der Waals surface area (Å²) in [5, 5.41) is 11.4. The summed E-state index contributed by atoms with van der Waals surface area (Å²) in [4.78, 5) is 24.6. The molecule has 1 aromatic rings. The number of hydrogen-bond donors (Lipinski definition) is 2. The highest BCUT2D eigenvalue weighted by atomic mass is 32.2. The SMILES string of the molecule is Cc1ccc(S(=O)(=O)N2CCCCC2)cc1NC(=O)CN(C)CCC(=O)O. The largest absolute Gasteiger partial charge is 0.481 e. The molecular formula is C18H27N3O5S. The molecule has 0 saturated carbocycles. The van der Waals surface area contributed by atoms with Crippen LogP contribution < -0.4 is 5.32 Å². The minimum absolute atomic E-state index is 0.0236. The Labute approximate surface area is 160 Å². The van der Waals surface area contributed by atoms with E-state index >= 15 is 0 Å². The van der Waals surface area contributed by atoms with Gasteiger partial charge in [0.05, 0.1) is 17.9 Å². The zero-order valence-electron chi connectivity index (χ0n) is 15.8. The maximum absolute atomic E-state index is 12.8. The second kappa shape index (κ2) is 9.29. The highest BCUT2D eigenvalue weighted by Gasteiger charge is 2.26. The van der Waals surface area contributed by atoms with E-state index in [9.17, 15) is 18.0 Å². The summed E-state index contributed by atoms with van der Waals surface area (Å²) in [6.45, 7) is 3.11. The van der Waals surface area contributed by atoms with Crippen LogP contribution in [0.4, 0.5) is 5.69 Å². The molecule has 9 heteroatoms. The van der Waals surface area contributed by atoms with Crippen LogP contribution >= 0.6 is 0 Å². The summed E-state index contributed by atoms with van der Waals surface area (Å²) in [6.07, 6.45) is 2.71. The van der Waals surface area contributed by atoms with Gasteiger partial charge in [0.25, 0.3) is 0 Å². The zero-order valence-corrected chi connectivity index (χ0v) is 16.6. The number of carboxylic acid groups (broad SMARTS) is 1. The van der Waals surface area contributed by atoms with Gasteiger partial charge in [0.1, 0.15) is 0 Å². The van der Waals surface area contributed by atoms with Gasteiger partial charge in [-0.2, -0.15) is 4.31 Å². The first-order valence-electron chi connectivity index (χ1n) is 9.01. The monoisotopic (exact) mass is 397 g/mol. The maximum Gasteiger partial charge on any atom is 0.304 e. The lowest BCUT2D eigenvalue weighted by Gasteiger charge is -2.26. The van der Waals surface area contributed by atoms with Crippen molar-refractivity contribution in [3.05, 3.63) is 23.8 Å². The van der Waals surface area contributed by atoms with Crippen molar-refractivity contribution < 1.29 is 23.1 Å². The van der Waals surface area contributed by atoms with Crippen LogP contribution in [0.2, 0.25) is 0 Å². The first kappa shape index (κ1) is 21.3. The van der Waals surface area contributed by atoms with Crippen molar-refractivity contribution in [2.24, 2.45) is 0 Å². The molecule has 8 nitrogen and oxygen atoms in total. The molecule has 1 heterocycles. The van der Waals surface area contributed by atoms with Crippen molar-refractivity contribution in [1.29, 1.82) is 0 Å². The second-order valence-electron chi connectivity index (χ2n) is 6.87. The molecule has 1 aliphatic heterocycles. The number of amides is 1. The van der Waals surface area contributed by atoms with Crippen molar-refractivity contribution in [3.63, 3.8) is 0 Å². The summed E-state index contributed by atoms with van der Waals surface area (Å²) in [6, 6.07) is 4.74. The van der Waals surface area contributed by atoms with E-state index in [0.717, 1.165) is 24.8 Å². The Morgan fingerprint density at radius 3 is 2.52 bits per heavy atom. The lowest BCUT2D eigenvalue weighted by Crippen LogP contribution is -2.35. The fourth-order valence-electron chi connectivity index (χ4n) is 2.95. The average Bonchev–Trinajstić information content (AvgIpc) is 2.62. The number of nitrogens with zero attached hydrogens (tertiary/aromatic N) is 2. The van der Waals surface area contributed by atoms with Crippen LogP contribution in [-0.4, -0.2) is 67.8 Å². The van der Waals surface area contributed by atoms with E-state index in [0.29, 0.717) is 18.8 Å². The van der Waals surface area contributed by atoms with Crippen LogP contribution in [0, 0.1) is 6.92 Å². The summed E-state index contributed by atoms with van der Waals surface area (Å²) in [7, 11) is -1.91. The number of anilines is 1. The average molecular weight is 397 g/mol. The fraction of sp³-hybridized carbons (Fsp3) is 0.556. The molecule has 0 atom stereocenters. The first-order valence-corrected chi connectivity index (χ1v) is 10.4. The van der Waals surface area contributed by atoms with E-state index in [1.165, 1.54) is 10.4 Å². The highest BCUT2D eigenvalue weighted by molar-refractivity contribution is 7.89. The Kier molecular flexibility index (Phi) is 7.34. The van der Waals surface area contributed by atoms with Crippen LogP contribution in [0.5, 0.6) is 0 Å². The number of carbonyl (C=O) groups is 2. The van der Waals surface area contributed by atoms with E-state index in [1.807, 2.05) is 0 Å². The number of nitrogens with one attached hydrogen (secondary N) is 1. The number of carbonyl (C=O) groups excluding carboxylic acids is 1. The molecule has 1 amide bonds. The standard InChI is InChI=1S/C18H27N3O5S/c1-14-6-7-15(27(25,26)21-9-4-3-5-10-21)12-16(14)19-17(22)13-20(2)11-8-18(23)24/h6-7,12H,3-5,8-11,13H2,1-2H3,(H,19,22)(H,23,24). The lowest BCUT2D eigenvalue weighted by molar-refractivity contribution is -0.137. The summed E-state index contributed by atoms with van der Waals surface area (Å²) >= 11 is 0. The third kappa shape index (κ3) is 6.02. The van der Waals surface area contributed by atoms with Crippen LogP contribution in [0.3, 0.4) is 0 Å².